The van der Waals surface area contributed by atoms with Crippen molar-refractivity contribution in [1.82, 2.24) is 0 Å². The van der Waals surface area contributed by atoms with Crippen LogP contribution in [-0.4, -0.2) is 37.2 Å². The van der Waals surface area contributed by atoms with E-state index in [1.165, 1.54) is 141 Å². The molecule has 78 heavy (non-hydrogen) atoms. The predicted octanol–water partition coefficient (Wildman–Crippen LogP) is 22.4. The monoisotopic (exact) mass is 1080 g/mol. The third-order valence-corrected chi connectivity index (χ3v) is 13.7. The van der Waals surface area contributed by atoms with E-state index in [9.17, 15) is 14.4 Å². The highest BCUT2D eigenvalue weighted by molar-refractivity contribution is 5.71. The zero-order valence-corrected chi connectivity index (χ0v) is 50.9. The van der Waals surface area contributed by atoms with Crippen LogP contribution in [0.2, 0.25) is 0 Å². The van der Waals surface area contributed by atoms with Gasteiger partial charge < -0.3 is 14.2 Å². The zero-order chi connectivity index (χ0) is 56.4. The van der Waals surface area contributed by atoms with Gasteiger partial charge in [0, 0.05) is 19.3 Å². The van der Waals surface area contributed by atoms with Gasteiger partial charge in [0.1, 0.15) is 13.2 Å². The molecule has 0 rings (SSSR count). The van der Waals surface area contributed by atoms with Crippen LogP contribution in [0.25, 0.3) is 0 Å². The largest absolute Gasteiger partial charge is 0.462 e. The van der Waals surface area contributed by atoms with Crippen LogP contribution >= 0.6 is 0 Å². The summed E-state index contributed by atoms with van der Waals surface area (Å²) in [6.07, 6.45) is 90.5. The average Bonchev–Trinajstić information content (AvgIpc) is 3.44. The summed E-state index contributed by atoms with van der Waals surface area (Å²) in [5.74, 6) is -0.951. The van der Waals surface area contributed by atoms with Crippen molar-refractivity contribution in [3.05, 3.63) is 122 Å². The number of unbranched alkanes of at least 4 members (excludes halogenated alkanes) is 27. The zero-order valence-electron chi connectivity index (χ0n) is 50.9. The van der Waals surface area contributed by atoms with E-state index < -0.39 is 6.10 Å². The Labute approximate surface area is 482 Å². The lowest BCUT2D eigenvalue weighted by Crippen LogP contribution is -2.30. The van der Waals surface area contributed by atoms with Crippen LogP contribution in [0.4, 0.5) is 0 Å². The standard InChI is InChI=1S/C72H120O6/c1-4-7-10-13-16-19-22-25-28-31-34-36-38-41-44-47-50-53-56-59-62-65-71(74)77-68-69(67-76-70(73)64-61-58-55-52-49-46-43-40-33-30-27-24-21-18-15-12-9-6-3)78-72(75)66-63-60-57-54-51-48-45-42-39-37-35-32-29-26-23-20-17-14-11-8-5-2/h7,10,16,19,21,23-26,28,30,32-36,41,44,50,53,69H,4-6,8-9,11-15,17-18,20,22,27,29,31,37-40,42-43,45-49,51-52,54-68H2,1-3H3/b10-7-,19-16-,24-21-,26-23-,28-25-,33-30-,35-32-,36-34-,44-41-,53-50-. The Hall–Kier alpha value is -4.19. The molecule has 6 heteroatoms. The fraction of sp³-hybridized carbons (Fsp3) is 0.681. The summed E-state index contributed by atoms with van der Waals surface area (Å²) in [6.45, 7) is 6.47. The molecular weight excluding hydrogens is 961 g/mol. The van der Waals surface area contributed by atoms with E-state index in [0.29, 0.717) is 25.7 Å². The van der Waals surface area contributed by atoms with Crippen LogP contribution in [0.3, 0.4) is 0 Å². The molecule has 1 atom stereocenters. The molecule has 0 aromatic heterocycles. The summed E-state index contributed by atoms with van der Waals surface area (Å²) in [5, 5.41) is 0. The molecule has 0 heterocycles. The van der Waals surface area contributed by atoms with Crippen LogP contribution < -0.4 is 0 Å². The summed E-state index contributed by atoms with van der Waals surface area (Å²) in [4.78, 5) is 38.4. The topological polar surface area (TPSA) is 78.9 Å². The molecule has 444 valence electrons. The summed E-state index contributed by atoms with van der Waals surface area (Å²) in [7, 11) is 0. The maximum Gasteiger partial charge on any atom is 0.306 e. The number of allylic oxidation sites excluding steroid dienone is 20. The van der Waals surface area contributed by atoms with Crippen LogP contribution in [0.1, 0.15) is 297 Å². The minimum Gasteiger partial charge on any atom is -0.462 e. The summed E-state index contributed by atoms with van der Waals surface area (Å²) in [6, 6.07) is 0. The molecule has 0 amide bonds. The van der Waals surface area contributed by atoms with Gasteiger partial charge in [0.05, 0.1) is 0 Å². The first kappa shape index (κ1) is 73.8. The van der Waals surface area contributed by atoms with Gasteiger partial charge in [-0.3, -0.25) is 14.4 Å². The molecule has 0 aliphatic heterocycles. The van der Waals surface area contributed by atoms with Crippen molar-refractivity contribution in [2.75, 3.05) is 13.2 Å². The lowest BCUT2D eigenvalue weighted by atomic mass is 10.1. The Morgan fingerprint density at radius 1 is 0.269 bits per heavy atom. The second-order valence-electron chi connectivity index (χ2n) is 21.3. The minimum atomic E-state index is -0.807. The van der Waals surface area contributed by atoms with Crippen molar-refractivity contribution in [3.63, 3.8) is 0 Å². The van der Waals surface area contributed by atoms with Crippen molar-refractivity contribution in [1.29, 1.82) is 0 Å². The van der Waals surface area contributed by atoms with Crippen molar-refractivity contribution < 1.29 is 28.6 Å². The van der Waals surface area contributed by atoms with Gasteiger partial charge in [-0.15, -0.1) is 0 Å². The lowest BCUT2D eigenvalue weighted by Gasteiger charge is -2.18. The van der Waals surface area contributed by atoms with E-state index in [1.807, 2.05) is 0 Å². The Bertz CT molecular complexity index is 1620. The van der Waals surface area contributed by atoms with Crippen molar-refractivity contribution in [2.24, 2.45) is 0 Å². The highest BCUT2D eigenvalue weighted by Gasteiger charge is 2.19. The fourth-order valence-corrected chi connectivity index (χ4v) is 8.80. The molecule has 0 aliphatic carbocycles. The molecule has 0 bridgehead atoms. The van der Waals surface area contributed by atoms with E-state index in [1.54, 1.807) is 0 Å². The first-order valence-electron chi connectivity index (χ1n) is 32.5. The smallest absolute Gasteiger partial charge is 0.306 e. The second-order valence-corrected chi connectivity index (χ2v) is 21.3. The van der Waals surface area contributed by atoms with Crippen LogP contribution in [-0.2, 0) is 28.6 Å². The van der Waals surface area contributed by atoms with Gasteiger partial charge in [0.15, 0.2) is 6.10 Å². The maximum atomic E-state index is 12.9. The number of rotatable bonds is 58. The normalized spacial score (nSPS) is 12.9. The molecule has 6 nitrogen and oxygen atoms in total. The van der Waals surface area contributed by atoms with Crippen molar-refractivity contribution in [3.8, 4) is 0 Å². The minimum absolute atomic E-state index is 0.0999. The molecule has 0 saturated heterocycles. The van der Waals surface area contributed by atoms with E-state index in [4.69, 9.17) is 14.2 Å². The molecule has 0 aromatic carbocycles. The fourth-order valence-electron chi connectivity index (χ4n) is 8.80. The second kappa shape index (κ2) is 65.3. The van der Waals surface area contributed by atoms with Gasteiger partial charge in [0.25, 0.3) is 0 Å². The first-order chi connectivity index (χ1) is 38.5. The summed E-state index contributed by atoms with van der Waals surface area (Å²) >= 11 is 0. The molecule has 0 aliphatic rings. The maximum absolute atomic E-state index is 12.9. The number of hydrogen-bond donors (Lipinski definition) is 0. The van der Waals surface area contributed by atoms with Crippen molar-refractivity contribution in [2.45, 2.75) is 303 Å². The molecule has 0 saturated carbocycles. The number of esters is 3. The molecule has 0 aromatic rings. The summed E-state index contributed by atoms with van der Waals surface area (Å²) < 4.78 is 16.9. The van der Waals surface area contributed by atoms with Gasteiger partial charge in [-0.05, 0) is 135 Å². The number of carbonyl (C=O) groups excluding carboxylic acids is 3. The number of hydrogen-bond acceptors (Lipinski definition) is 6. The molecule has 0 radical (unpaired) electrons. The molecule has 1 unspecified atom stereocenters. The van der Waals surface area contributed by atoms with E-state index in [-0.39, 0.29) is 31.1 Å². The van der Waals surface area contributed by atoms with Gasteiger partial charge >= 0.3 is 17.9 Å². The van der Waals surface area contributed by atoms with E-state index >= 15 is 0 Å². The third kappa shape index (κ3) is 62.7. The van der Waals surface area contributed by atoms with E-state index in [2.05, 4.69) is 142 Å². The van der Waals surface area contributed by atoms with Crippen LogP contribution in [0, 0.1) is 0 Å². The highest BCUT2D eigenvalue weighted by Crippen LogP contribution is 2.15. The van der Waals surface area contributed by atoms with Gasteiger partial charge in [-0.2, -0.15) is 0 Å². The average molecular weight is 1080 g/mol. The van der Waals surface area contributed by atoms with Gasteiger partial charge in [-0.1, -0.05) is 264 Å². The molecule has 0 N–H and O–H groups in total. The molecular formula is C72H120O6. The van der Waals surface area contributed by atoms with Gasteiger partial charge in [0.2, 0.25) is 0 Å². The quantitative estimate of drug-likeness (QED) is 0.0261. The number of ether oxygens (including phenoxy) is 3. The van der Waals surface area contributed by atoms with E-state index in [0.717, 1.165) is 109 Å². The lowest BCUT2D eigenvalue weighted by molar-refractivity contribution is -0.167. The SMILES string of the molecule is CC/C=C\C/C=C\C/C=C\C/C=C\C/C=C\C/C=C\CCCCC(=O)OCC(COC(=O)CCCCCCCCC/C=C\C/C=C\CCCCCC)OC(=O)CCCCCCCCCCC/C=C\C/C=C\CCCCCCC. The van der Waals surface area contributed by atoms with Crippen LogP contribution in [0.5, 0.6) is 0 Å². The Morgan fingerprint density at radius 2 is 0.500 bits per heavy atom. The first-order valence-corrected chi connectivity index (χ1v) is 32.5. The number of carbonyl (C=O) groups is 3. The van der Waals surface area contributed by atoms with Crippen molar-refractivity contribution >= 4 is 17.9 Å². The molecule has 0 fully saturated rings. The summed E-state index contributed by atoms with van der Waals surface area (Å²) in [5.41, 5.74) is 0. The Morgan fingerprint density at radius 3 is 0.821 bits per heavy atom. The van der Waals surface area contributed by atoms with Gasteiger partial charge in [-0.25, -0.2) is 0 Å². The molecule has 0 spiro atoms. The predicted molar refractivity (Wildman–Crippen MR) is 339 cm³/mol. The Balaban J connectivity index is 4.49. The highest BCUT2D eigenvalue weighted by atomic mass is 16.6. The van der Waals surface area contributed by atoms with Crippen LogP contribution in [0.15, 0.2) is 122 Å². The Kier molecular flexibility index (Phi) is 61.8. The third-order valence-electron chi connectivity index (χ3n) is 13.7.